The Labute approximate surface area is 364 Å². The first-order valence-corrected chi connectivity index (χ1v) is 21.0. The van der Waals surface area contributed by atoms with Crippen molar-refractivity contribution in [2.45, 2.75) is 57.8 Å². The van der Waals surface area contributed by atoms with Crippen molar-refractivity contribution in [3.05, 3.63) is 119 Å². The van der Waals surface area contributed by atoms with Crippen LogP contribution in [0.5, 0.6) is 0 Å². The van der Waals surface area contributed by atoms with Gasteiger partial charge in [-0.1, -0.05) is 72.8 Å². The number of cyclic esters (lactones) is 1. The third-order valence-electron chi connectivity index (χ3n) is 11.0. The number of Topliss-reactive ketones (excluding diaryl/α,β-unsaturated/α-hetero) is 1. The molecular weight excluding hydrogens is 812 g/mol. The molecule has 15 nitrogen and oxygen atoms in total. The molecule has 7 rings (SSSR count). The first-order valence-electron chi connectivity index (χ1n) is 21.0. The predicted molar refractivity (Wildman–Crippen MR) is 232 cm³/mol. The monoisotopic (exact) mass is 862 g/mol. The lowest BCUT2D eigenvalue weighted by molar-refractivity contribution is -0.131. The first kappa shape index (κ1) is 44.1. The van der Waals surface area contributed by atoms with Crippen molar-refractivity contribution in [2.75, 3.05) is 62.2 Å². The number of alkyl carbamates (subject to hydrolysis) is 2. The largest absolute Gasteiger partial charge is 0.449 e. The number of piperazine rings is 1. The molecule has 4 aromatic rings. The average Bonchev–Trinajstić information content (AvgIpc) is 3.81. The fourth-order valence-corrected chi connectivity index (χ4v) is 7.86. The Bertz CT molecular complexity index is 2310. The van der Waals surface area contributed by atoms with Gasteiger partial charge in [0.1, 0.15) is 30.7 Å². The number of hydrogen-bond acceptors (Lipinski definition) is 10. The number of rotatable bonds is 14. The molecule has 2 heterocycles. The van der Waals surface area contributed by atoms with E-state index in [9.17, 15) is 28.8 Å². The topological polar surface area (TPSA) is 176 Å². The molecule has 2 fully saturated rings. The standard InChI is InChI=1S/C47H51FN6O9/c1-47(2,3)63-45(59)50-26-33-28-54(46(60)62-33)32-16-17-40(39(48)24-32)52-20-22-53(23-21-52)43(57)19-18-41(55)31-14-12-30(13-15-31)25-49-42(56)27-51-44(58)61-29-38-36-10-6-4-8-34(36)35-9-5-7-11-37(35)38/h4-17,24,33,38H,18-23,25-29H2,1-3H3,(H,49,56)(H,50,59)(H,51,58)/t33-/m0/s1. The van der Waals surface area contributed by atoms with E-state index >= 15 is 4.39 Å². The predicted octanol–water partition coefficient (Wildman–Crippen LogP) is 6.14. The molecule has 0 spiro atoms. The molecule has 0 aromatic heterocycles. The molecule has 2 saturated heterocycles. The number of anilines is 2. The lowest BCUT2D eigenvalue weighted by Crippen LogP contribution is -2.49. The molecule has 0 unspecified atom stereocenters. The number of carbonyl (C=O) groups excluding carboxylic acids is 6. The Morgan fingerprint density at radius 1 is 0.794 bits per heavy atom. The van der Waals surface area contributed by atoms with Gasteiger partial charge in [0.25, 0.3) is 0 Å². The number of nitrogens with one attached hydrogen (secondary N) is 3. The number of halogens is 1. The molecule has 0 bridgehead atoms. The van der Waals surface area contributed by atoms with E-state index in [1.165, 1.54) is 11.0 Å². The average molecular weight is 863 g/mol. The fourth-order valence-electron chi connectivity index (χ4n) is 7.86. The minimum absolute atomic E-state index is 0.0175. The van der Waals surface area contributed by atoms with E-state index in [1.807, 2.05) is 41.3 Å². The maximum atomic E-state index is 15.4. The Hall–Kier alpha value is -6.97. The van der Waals surface area contributed by atoms with E-state index in [0.29, 0.717) is 43.1 Å². The van der Waals surface area contributed by atoms with Crippen LogP contribution >= 0.6 is 0 Å². The zero-order chi connectivity index (χ0) is 44.7. The van der Waals surface area contributed by atoms with E-state index in [2.05, 4.69) is 28.1 Å². The van der Waals surface area contributed by atoms with Gasteiger partial charge in [0.2, 0.25) is 11.8 Å². The smallest absolute Gasteiger partial charge is 0.414 e. The van der Waals surface area contributed by atoms with E-state index in [0.717, 1.165) is 27.8 Å². The third-order valence-corrected chi connectivity index (χ3v) is 11.0. The highest BCUT2D eigenvalue weighted by molar-refractivity contribution is 5.98. The van der Waals surface area contributed by atoms with Gasteiger partial charge in [-0.25, -0.2) is 18.8 Å². The Balaban J connectivity index is 0.783. The van der Waals surface area contributed by atoms with Crippen LogP contribution in [0.3, 0.4) is 0 Å². The summed E-state index contributed by atoms with van der Waals surface area (Å²) >= 11 is 0. The van der Waals surface area contributed by atoms with Crippen molar-refractivity contribution in [3.8, 4) is 11.1 Å². The van der Waals surface area contributed by atoms with Crippen LogP contribution in [0, 0.1) is 5.82 Å². The summed E-state index contributed by atoms with van der Waals surface area (Å²) in [5.74, 6) is -1.39. The lowest BCUT2D eigenvalue weighted by atomic mass is 9.98. The van der Waals surface area contributed by atoms with Gasteiger partial charge in [0.05, 0.1) is 24.5 Å². The van der Waals surface area contributed by atoms with Crippen LogP contribution in [0.25, 0.3) is 11.1 Å². The summed E-state index contributed by atoms with van der Waals surface area (Å²) in [5.41, 5.74) is 5.60. The summed E-state index contributed by atoms with van der Waals surface area (Å²) < 4.78 is 31.5. The summed E-state index contributed by atoms with van der Waals surface area (Å²) in [7, 11) is 0. The number of ketones is 1. The van der Waals surface area contributed by atoms with Gasteiger partial charge in [-0.05, 0) is 66.8 Å². The molecule has 5 amide bonds. The number of ether oxygens (including phenoxy) is 3. The molecule has 0 radical (unpaired) electrons. The second-order valence-corrected chi connectivity index (χ2v) is 16.6. The zero-order valence-electron chi connectivity index (χ0n) is 35.5. The molecule has 3 aliphatic rings. The molecule has 330 valence electrons. The molecule has 3 N–H and O–H groups in total. The van der Waals surface area contributed by atoms with E-state index < -0.39 is 41.7 Å². The Morgan fingerprint density at radius 2 is 1.46 bits per heavy atom. The van der Waals surface area contributed by atoms with Gasteiger partial charge in [0.15, 0.2) is 5.78 Å². The van der Waals surface area contributed by atoms with E-state index in [-0.39, 0.29) is 63.2 Å². The number of hydrogen-bond donors (Lipinski definition) is 3. The normalized spacial score (nSPS) is 15.8. The number of fused-ring (bicyclic) bond motifs is 3. The van der Waals surface area contributed by atoms with Gasteiger partial charge in [-0.15, -0.1) is 0 Å². The SMILES string of the molecule is CC(C)(C)OC(=O)NC[C@H]1CN(c2ccc(N3CCN(C(=O)CCC(=O)c4ccc(CNC(=O)CNC(=O)OCC5c6ccccc6-c6ccccc65)cc4)CC3)c(F)c2)C(=O)O1. The van der Waals surface area contributed by atoms with Gasteiger partial charge >= 0.3 is 18.3 Å². The zero-order valence-corrected chi connectivity index (χ0v) is 35.5. The fraction of sp³-hybridized carbons (Fsp3) is 0.362. The number of nitrogens with zero attached hydrogens (tertiary/aromatic N) is 3. The van der Waals surface area contributed by atoms with Crippen LogP contribution < -0.4 is 25.8 Å². The van der Waals surface area contributed by atoms with Crippen LogP contribution in [0.4, 0.5) is 30.1 Å². The molecule has 0 saturated carbocycles. The van der Waals surface area contributed by atoms with Crippen LogP contribution in [0.2, 0.25) is 0 Å². The highest BCUT2D eigenvalue weighted by atomic mass is 19.1. The molecule has 1 atom stereocenters. The van der Waals surface area contributed by atoms with Crippen LogP contribution in [-0.2, 0) is 30.3 Å². The highest BCUT2D eigenvalue weighted by Gasteiger charge is 2.34. The minimum atomic E-state index is -0.689. The van der Waals surface area contributed by atoms with Crippen molar-refractivity contribution in [1.82, 2.24) is 20.9 Å². The van der Waals surface area contributed by atoms with Gasteiger partial charge in [0, 0.05) is 57.0 Å². The Morgan fingerprint density at radius 3 is 2.11 bits per heavy atom. The Kier molecular flexibility index (Phi) is 13.6. The molecular formula is C47H51FN6O9. The van der Waals surface area contributed by atoms with Gasteiger partial charge < -0.3 is 40.0 Å². The van der Waals surface area contributed by atoms with Crippen molar-refractivity contribution < 1.29 is 47.4 Å². The quantitative estimate of drug-likeness (QED) is 0.0987. The maximum Gasteiger partial charge on any atom is 0.414 e. The van der Waals surface area contributed by atoms with Crippen LogP contribution in [0.1, 0.15) is 66.6 Å². The van der Waals surface area contributed by atoms with E-state index in [4.69, 9.17) is 14.2 Å². The van der Waals surface area contributed by atoms with Gasteiger partial charge in [-0.3, -0.25) is 19.3 Å². The molecule has 2 aliphatic heterocycles. The van der Waals surface area contributed by atoms with Crippen LogP contribution in [-0.4, -0.2) is 105 Å². The van der Waals surface area contributed by atoms with Crippen molar-refractivity contribution in [3.63, 3.8) is 0 Å². The van der Waals surface area contributed by atoms with Crippen LogP contribution in [0.15, 0.2) is 91.0 Å². The van der Waals surface area contributed by atoms with E-state index in [1.54, 1.807) is 62.1 Å². The van der Waals surface area contributed by atoms with Crippen molar-refractivity contribution in [1.29, 1.82) is 0 Å². The summed E-state index contributed by atoms with van der Waals surface area (Å²) in [4.78, 5) is 80.3. The number of carbonyl (C=O) groups is 6. The molecule has 16 heteroatoms. The molecule has 1 aliphatic carbocycles. The minimum Gasteiger partial charge on any atom is -0.449 e. The van der Waals surface area contributed by atoms with Crippen molar-refractivity contribution in [2.24, 2.45) is 0 Å². The summed E-state index contributed by atoms with van der Waals surface area (Å²) in [6.45, 7) is 6.90. The number of benzene rings is 4. The summed E-state index contributed by atoms with van der Waals surface area (Å²) in [5, 5.41) is 7.83. The lowest BCUT2D eigenvalue weighted by Gasteiger charge is -2.36. The highest BCUT2D eigenvalue weighted by Crippen LogP contribution is 2.44. The number of amides is 5. The maximum absolute atomic E-state index is 15.4. The molecule has 4 aromatic carbocycles. The second-order valence-electron chi connectivity index (χ2n) is 16.6. The van der Waals surface area contributed by atoms with Crippen molar-refractivity contribution >= 4 is 47.3 Å². The third kappa shape index (κ3) is 11.1. The summed E-state index contributed by atoms with van der Waals surface area (Å²) in [6, 6.07) is 27.3. The molecule has 63 heavy (non-hydrogen) atoms. The summed E-state index contributed by atoms with van der Waals surface area (Å²) in [6.07, 6.45) is -2.56. The first-order chi connectivity index (χ1) is 30.2. The second kappa shape index (κ2) is 19.4. The van der Waals surface area contributed by atoms with Gasteiger partial charge in [-0.2, -0.15) is 0 Å².